The van der Waals surface area contributed by atoms with E-state index >= 15 is 0 Å². The molecule has 146 valence electrons. The van der Waals surface area contributed by atoms with Crippen LogP contribution in [-0.2, 0) is 19.2 Å². The molecule has 25 heavy (non-hydrogen) atoms. The second kappa shape index (κ2) is 15.6. The summed E-state index contributed by atoms with van der Waals surface area (Å²) in [5.41, 5.74) is 5.02. The Bertz CT molecular complexity index is 423. The fraction of sp³-hybridized carbons (Fsp3) is 0.778. The number of hydrogen-bond acceptors (Lipinski definition) is 4. The van der Waals surface area contributed by atoms with Gasteiger partial charge in [0.2, 0.25) is 17.7 Å². The first-order valence-electron chi connectivity index (χ1n) is 9.08. The Balaban J connectivity index is 0. The predicted molar refractivity (Wildman–Crippen MR) is 98.7 cm³/mol. The molecule has 3 amide bonds. The largest absolute Gasteiger partial charge is 0.370 e. The van der Waals surface area contributed by atoms with Crippen LogP contribution in [0.15, 0.2) is 0 Å². The van der Waals surface area contributed by atoms with E-state index in [1.54, 1.807) is 6.92 Å². The van der Waals surface area contributed by atoms with Gasteiger partial charge < -0.3 is 21.2 Å². The molecule has 0 aliphatic carbocycles. The summed E-state index contributed by atoms with van der Waals surface area (Å²) in [4.78, 5) is 45.4. The van der Waals surface area contributed by atoms with Gasteiger partial charge in [-0.25, -0.2) is 0 Å². The molecule has 0 radical (unpaired) electrons. The van der Waals surface area contributed by atoms with Crippen LogP contribution in [0.25, 0.3) is 0 Å². The molecule has 0 saturated heterocycles. The van der Waals surface area contributed by atoms with E-state index in [0.717, 1.165) is 12.8 Å². The molecule has 0 saturated carbocycles. The Labute approximate surface area is 151 Å². The van der Waals surface area contributed by atoms with Crippen LogP contribution in [0, 0.1) is 5.92 Å². The lowest BCUT2D eigenvalue weighted by Crippen LogP contribution is -2.49. The third kappa shape index (κ3) is 15.4. The van der Waals surface area contributed by atoms with Gasteiger partial charge in [-0.1, -0.05) is 27.7 Å². The zero-order chi connectivity index (χ0) is 19.8. The average Bonchev–Trinajstić information content (AvgIpc) is 2.53. The molecule has 0 aliphatic rings. The van der Waals surface area contributed by atoms with Crippen molar-refractivity contribution in [2.75, 3.05) is 6.54 Å². The van der Waals surface area contributed by atoms with Gasteiger partial charge in [0.25, 0.3) is 0 Å². The lowest BCUT2D eigenvalue weighted by Gasteiger charge is -2.21. The van der Waals surface area contributed by atoms with E-state index < -0.39 is 11.9 Å². The van der Waals surface area contributed by atoms with Crippen LogP contribution in [0.2, 0.25) is 0 Å². The topological polar surface area (TPSA) is 118 Å². The fourth-order valence-corrected chi connectivity index (χ4v) is 2.02. The van der Waals surface area contributed by atoms with E-state index in [1.165, 1.54) is 0 Å². The number of ketones is 1. The number of nitrogens with one attached hydrogen (secondary N) is 2. The molecule has 0 aromatic rings. The van der Waals surface area contributed by atoms with Crippen LogP contribution in [0.4, 0.5) is 0 Å². The van der Waals surface area contributed by atoms with Crippen LogP contribution >= 0.6 is 0 Å². The average molecular weight is 357 g/mol. The first-order chi connectivity index (χ1) is 11.7. The van der Waals surface area contributed by atoms with Crippen LogP contribution in [-0.4, -0.2) is 36.1 Å². The summed E-state index contributed by atoms with van der Waals surface area (Å²) in [6.07, 6.45) is 2.67. The summed E-state index contributed by atoms with van der Waals surface area (Å²) in [7, 11) is 0. The van der Waals surface area contributed by atoms with E-state index in [0.29, 0.717) is 19.4 Å². The summed E-state index contributed by atoms with van der Waals surface area (Å²) in [5, 5.41) is 5.47. The van der Waals surface area contributed by atoms with Gasteiger partial charge in [-0.2, -0.15) is 0 Å². The predicted octanol–water partition coefficient (Wildman–Crippen LogP) is 1.68. The van der Waals surface area contributed by atoms with Crippen LogP contribution in [0.3, 0.4) is 0 Å². The number of unbranched alkanes of at least 4 members (excludes halogenated alkanes) is 1. The van der Waals surface area contributed by atoms with Gasteiger partial charge in [0.15, 0.2) is 0 Å². The summed E-state index contributed by atoms with van der Waals surface area (Å²) >= 11 is 0. The van der Waals surface area contributed by atoms with E-state index in [-0.39, 0.29) is 36.4 Å². The molecule has 1 atom stereocenters. The summed E-state index contributed by atoms with van der Waals surface area (Å²) in [6.45, 7) is 9.72. The molecule has 0 aromatic heterocycles. The number of Topliss-reactive ketones (excluding diaryl/α,β-unsaturated/α-hetero) is 1. The minimum absolute atomic E-state index is 0.0488. The molecular formula is C18H35N3O4. The molecule has 0 heterocycles. The molecule has 0 aliphatic heterocycles. The molecule has 0 bridgehead atoms. The number of rotatable bonds is 12. The highest BCUT2D eigenvalue weighted by Crippen LogP contribution is 2.04. The van der Waals surface area contributed by atoms with E-state index in [9.17, 15) is 19.2 Å². The molecule has 0 spiro atoms. The van der Waals surface area contributed by atoms with Crippen LogP contribution in [0.5, 0.6) is 0 Å². The van der Waals surface area contributed by atoms with Crippen molar-refractivity contribution in [3.63, 3.8) is 0 Å². The number of hydrogen-bond donors (Lipinski definition) is 3. The van der Waals surface area contributed by atoms with Crippen molar-refractivity contribution < 1.29 is 19.2 Å². The fourth-order valence-electron chi connectivity index (χ4n) is 2.02. The van der Waals surface area contributed by atoms with Gasteiger partial charge >= 0.3 is 0 Å². The number of nitrogens with two attached hydrogens (primary N) is 1. The highest BCUT2D eigenvalue weighted by molar-refractivity contribution is 5.88. The van der Waals surface area contributed by atoms with E-state index in [1.807, 2.05) is 27.7 Å². The maximum absolute atomic E-state index is 12.1. The Kier molecular flexibility index (Phi) is 15.8. The molecule has 1 unspecified atom stereocenters. The third-order valence-corrected chi connectivity index (χ3v) is 3.35. The van der Waals surface area contributed by atoms with Crippen molar-refractivity contribution in [1.29, 1.82) is 0 Å². The van der Waals surface area contributed by atoms with Gasteiger partial charge in [0, 0.05) is 25.8 Å². The monoisotopic (exact) mass is 357 g/mol. The van der Waals surface area contributed by atoms with Gasteiger partial charge in [-0.05, 0) is 32.1 Å². The van der Waals surface area contributed by atoms with Crippen molar-refractivity contribution in [1.82, 2.24) is 10.6 Å². The second-order valence-corrected chi connectivity index (χ2v) is 6.06. The van der Waals surface area contributed by atoms with Crippen molar-refractivity contribution in [3.8, 4) is 0 Å². The number of carbonyl (C=O) groups excluding carboxylic acids is 4. The Morgan fingerprint density at radius 1 is 0.920 bits per heavy atom. The van der Waals surface area contributed by atoms with Crippen molar-refractivity contribution in [2.45, 2.75) is 79.2 Å². The molecule has 7 heteroatoms. The number of amides is 3. The zero-order valence-electron chi connectivity index (χ0n) is 16.3. The normalized spacial score (nSPS) is 11.1. The van der Waals surface area contributed by atoms with Gasteiger partial charge in [-0.3, -0.25) is 14.4 Å². The minimum atomic E-state index is -0.608. The molecular weight excluding hydrogens is 322 g/mol. The summed E-state index contributed by atoms with van der Waals surface area (Å²) in [6, 6.07) is -0.608. The van der Waals surface area contributed by atoms with Crippen molar-refractivity contribution in [3.05, 3.63) is 0 Å². The Hall–Kier alpha value is -1.92. The first kappa shape index (κ1) is 25.3. The quantitative estimate of drug-likeness (QED) is 0.460. The molecule has 0 rings (SSSR count). The first-order valence-corrected chi connectivity index (χ1v) is 9.08. The van der Waals surface area contributed by atoms with Crippen molar-refractivity contribution >= 4 is 23.5 Å². The van der Waals surface area contributed by atoms with E-state index in [4.69, 9.17) is 5.73 Å². The lowest BCUT2D eigenvalue weighted by molar-refractivity contribution is -0.130. The molecule has 4 N–H and O–H groups in total. The second-order valence-electron chi connectivity index (χ2n) is 6.06. The van der Waals surface area contributed by atoms with Gasteiger partial charge in [0.1, 0.15) is 11.8 Å². The Morgan fingerprint density at radius 3 is 2.00 bits per heavy atom. The van der Waals surface area contributed by atoms with Gasteiger partial charge in [-0.15, -0.1) is 0 Å². The Morgan fingerprint density at radius 2 is 1.52 bits per heavy atom. The van der Waals surface area contributed by atoms with Crippen LogP contribution < -0.4 is 16.4 Å². The zero-order valence-corrected chi connectivity index (χ0v) is 16.3. The summed E-state index contributed by atoms with van der Waals surface area (Å²) < 4.78 is 0. The molecule has 0 fully saturated rings. The smallest absolute Gasteiger partial charge is 0.242 e. The summed E-state index contributed by atoms with van der Waals surface area (Å²) in [5.74, 6) is -0.851. The molecule has 7 nitrogen and oxygen atoms in total. The minimum Gasteiger partial charge on any atom is -0.370 e. The van der Waals surface area contributed by atoms with Gasteiger partial charge in [0.05, 0.1) is 0 Å². The van der Waals surface area contributed by atoms with E-state index in [2.05, 4.69) is 10.6 Å². The lowest BCUT2D eigenvalue weighted by atomic mass is 10.0. The highest BCUT2D eigenvalue weighted by atomic mass is 16.2. The maximum atomic E-state index is 12.1. The number of primary amides is 1. The highest BCUT2D eigenvalue weighted by Gasteiger charge is 2.23. The molecule has 0 aromatic carbocycles. The van der Waals surface area contributed by atoms with Crippen LogP contribution in [0.1, 0.15) is 73.1 Å². The number of carbonyl (C=O) groups is 4. The van der Waals surface area contributed by atoms with Crippen molar-refractivity contribution in [2.24, 2.45) is 11.7 Å². The SMILES string of the molecule is CC.CC(=O)CCCCNC(=O)C(NC(=O)CCCC(N)=O)C(C)C. The standard InChI is InChI=1S/C16H29N3O4.C2H6/c1-11(2)15(19-14(22)9-6-8-13(17)21)16(23)18-10-5-4-7-12(3)20;1-2/h11,15H,4-10H2,1-3H3,(H2,17,21)(H,18,23)(H,19,22);1-2H3. The maximum Gasteiger partial charge on any atom is 0.242 e. The third-order valence-electron chi connectivity index (χ3n) is 3.35.